The van der Waals surface area contributed by atoms with E-state index >= 15 is 0 Å². The smallest absolute Gasteiger partial charge is 0.0110 e. The summed E-state index contributed by atoms with van der Waals surface area (Å²) in [5, 5.41) is 3.70. The van der Waals surface area contributed by atoms with Gasteiger partial charge in [-0.15, -0.1) is 0 Å². The summed E-state index contributed by atoms with van der Waals surface area (Å²) >= 11 is 0. The highest BCUT2D eigenvalue weighted by Gasteiger charge is 2.20. The molecule has 1 heteroatoms. The summed E-state index contributed by atoms with van der Waals surface area (Å²) in [7, 11) is 0. The fourth-order valence-electron chi connectivity index (χ4n) is 3.66. The van der Waals surface area contributed by atoms with Crippen molar-refractivity contribution in [2.24, 2.45) is 5.92 Å². The zero-order valence-corrected chi connectivity index (χ0v) is 11.5. The quantitative estimate of drug-likeness (QED) is 0.857. The second-order valence-electron chi connectivity index (χ2n) is 6.11. The molecule has 1 heterocycles. The topological polar surface area (TPSA) is 12.0 Å². The monoisotopic (exact) mass is 243 g/mol. The van der Waals surface area contributed by atoms with Crippen LogP contribution in [0.3, 0.4) is 0 Å². The van der Waals surface area contributed by atoms with Crippen LogP contribution in [0, 0.1) is 5.92 Å². The zero-order valence-electron chi connectivity index (χ0n) is 11.5. The van der Waals surface area contributed by atoms with Crippen LogP contribution in [0.4, 0.5) is 0 Å². The fraction of sp³-hybridized carbons (Fsp3) is 0.647. The van der Waals surface area contributed by atoms with Gasteiger partial charge in [0.2, 0.25) is 0 Å². The molecule has 0 spiro atoms. The molecule has 2 atom stereocenters. The van der Waals surface area contributed by atoms with Crippen molar-refractivity contribution in [3.8, 4) is 0 Å². The number of rotatable bonds is 3. The van der Waals surface area contributed by atoms with Crippen LogP contribution in [0.25, 0.3) is 0 Å². The Bertz CT molecular complexity index is 410. The van der Waals surface area contributed by atoms with Crippen LogP contribution in [0.1, 0.15) is 49.3 Å². The highest BCUT2D eigenvalue weighted by atomic mass is 14.9. The number of piperidine rings is 1. The SMILES string of the molecule is CCC1CCNC(Cc2ccc3c(c2)CCC3)C1. The van der Waals surface area contributed by atoms with Gasteiger partial charge in [-0.05, 0) is 67.7 Å². The molecule has 0 radical (unpaired) electrons. The van der Waals surface area contributed by atoms with Gasteiger partial charge >= 0.3 is 0 Å². The number of aryl methyl sites for hydroxylation is 2. The molecular formula is C17H25N. The van der Waals surface area contributed by atoms with Gasteiger partial charge in [0.25, 0.3) is 0 Å². The minimum absolute atomic E-state index is 0.711. The van der Waals surface area contributed by atoms with E-state index in [-0.39, 0.29) is 0 Å². The third-order valence-corrected chi connectivity index (χ3v) is 4.83. The standard InChI is InChI=1S/C17H25N/c1-2-13-8-9-18-17(11-13)12-14-6-7-15-4-3-5-16(15)10-14/h6-7,10,13,17-18H,2-5,8-9,11-12H2,1H3. The zero-order chi connectivity index (χ0) is 12.4. The van der Waals surface area contributed by atoms with Crippen LogP contribution in [-0.2, 0) is 19.3 Å². The fourth-order valence-corrected chi connectivity index (χ4v) is 3.66. The van der Waals surface area contributed by atoms with Gasteiger partial charge in [0.05, 0.1) is 0 Å². The average Bonchev–Trinajstić information content (AvgIpc) is 2.86. The molecule has 1 N–H and O–H groups in total. The molecule has 0 aromatic heterocycles. The lowest BCUT2D eigenvalue weighted by Gasteiger charge is -2.30. The van der Waals surface area contributed by atoms with Crippen molar-refractivity contribution in [3.63, 3.8) is 0 Å². The van der Waals surface area contributed by atoms with E-state index in [2.05, 4.69) is 30.4 Å². The molecule has 1 aromatic rings. The lowest BCUT2D eigenvalue weighted by Crippen LogP contribution is -2.39. The molecule has 3 rings (SSSR count). The summed E-state index contributed by atoms with van der Waals surface area (Å²) in [5.74, 6) is 0.950. The lowest BCUT2D eigenvalue weighted by molar-refractivity contribution is 0.294. The maximum atomic E-state index is 3.70. The van der Waals surface area contributed by atoms with Gasteiger partial charge < -0.3 is 5.32 Å². The van der Waals surface area contributed by atoms with Crippen LogP contribution in [0.2, 0.25) is 0 Å². The molecule has 18 heavy (non-hydrogen) atoms. The Hall–Kier alpha value is -0.820. The summed E-state index contributed by atoms with van der Waals surface area (Å²) in [5.41, 5.74) is 4.77. The highest BCUT2D eigenvalue weighted by Crippen LogP contribution is 2.25. The second-order valence-corrected chi connectivity index (χ2v) is 6.11. The lowest BCUT2D eigenvalue weighted by atomic mass is 9.87. The first kappa shape index (κ1) is 12.2. The molecule has 2 unspecified atom stereocenters. The summed E-state index contributed by atoms with van der Waals surface area (Å²) in [6.07, 6.45) is 9.28. The van der Waals surface area contributed by atoms with Crippen molar-refractivity contribution in [1.82, 2.24) is 5.32 Å². The predicted molar refractivity (Wildman–Crippen MR) is 77.0 cm³/mol. The third kappa shape index (κ3) is 2.61. The molecule has 1 fully saturated rings. The molecule has 1 aromatic carbocycles. The first-order chi connectivity index (χ1) is 8.85. The largest absolute Gasteiger partial charge is 0.314 e. The summed E-state index contributed by atoms with van der Waals surface area (Å²) in [4.78, 5) is 0. The Kier molecular flexibility index (Phi) is 3.69. The van der Waals surface area contributed by atoms with Gasteiger partial charge in [0.1, 0.15) is 0 Å². The molecular weight excluding hydrogens is 218 g/mol. The van der Waals surface area contributed by atoms with Gasteiger partial charge in [-0.1, -0.05) is 31.5 Å². The van der Waals surface area contributed by atoms with Crippen molar-refractivity contribution in [1.29, 1.82) is 0 Å². The Morgan fingerprint density at radius 1 is 1.22 bits per heavy atom. The van der Waals surface area contributed by atoms with Gasteiger partial charge in [0.15, 0.2) is 0 Å². The maximum Gasteiger partial charge on any atom is 0.0110 e. The molecule has 0 bridgehead atoms. The Labute approximate surface area is 111 Å². The van der Waals surface area contributed by atoms with E-state index in [0.717, 1.165) is 5.92 Å². The third-order valence-electron chi connectivity index (χ3n) is 4.83. The Morgan fingerprint density at radius 2 is 2.11 bits per heavy atom. The Balaban J connectivity index is 1.65. The van der Waals surface area contributed by atoms with E-state index in [0.29, 0.717) is 6.04 Å². The molecule has 1 aliphatic heterocycles. The van der Waals surface area contributed by atoms with E-state index in [4.69, 9.17) is 0 Å². The summed E-state index contributed by atoms with van der Waals surface area (Å²) < 4.78 is 0. The van der Waals surface area contributed by atoms with Gasteiger partial charge in [-0.25, -0.2) is 0 Å². The van der Waals surface area contributed by atoms with Crippen molar-refractivity contribution in [3.05, 3.63) is 34.9 Å². The summed E-state index contributed by atoms with van der Waals surface area (Å²) in [6, 6.07) is 7.92. The minimum Gasteiger partial charge on any atom is -0.314 e. The summed E-state index contributed by atoms with van der Waals surface area (Å²) in [6.45, 7) is 3.55. The van der Waals surface area contributed by atoms with Gasteiger partial charge in [0, 0.05) is 6.04 Å². The average molecular weight is 243 g/mol. The number of nitrogens with one attached hydrogen (secondary N) is 1. The van der Waals surface area contributed by atoms with E-state index in [1.165, 1.54) is 51.5 Å². The predicted octanol–water partition coefficient (Wildman–Crippen LogP) is 3.50. The number of fused-ring (bicyclic) bond motifs is 1. The van der Waals surface area contributed by atoms with Crippen LogP contribution >= 0.6 is 0 Å². The normalized spacial score (nSPS) is 27.2. The molecule has 2 aliphatic rings. The molecule has 1 saturated heterocycles. The van der Waals surface area contributed by atoms with Gasteiger partial charge in [-0.2, -0.15) is 0 Å². The van der Waals surface area contributed by atoms with Crippen molar-refractivity contribution >= 4 is 0 Å². The minimum atomic E-state index is 0.711. The van der Waals surface area contributed by atoms with E-state index < -0.39 is 0 Å². The molecule has 1 nitrogen and oxygen atoms in total. The number of hydrogen-bond acceptors (Lipinski definition) is 1. The van der Waals surface area contributed by atoms with Crippen molar-refractivity contribution in [2.75, 3.05) is 6.54 Å². The number of benzene rings is 1. The van der Waals surface area contributed by atoms with Crippen LogP contribution in [0.15, 0.2) is 18.2 Å². The van der Waals surface area contributed by atoms with Gasteiger partial charge in [-0.3, -0.25) is 0 Å². The number of hydrogen-bond donors (Lipinski definition) is 1. The maximum absolute atomic E-state index is 3.70. The van der Waals surface area contributed by atoms with Crippen molar-refractivity contribution < 1.29 is 0 Å². The van der Waals surface area contributed by atoms with E-state index in [9.17, 15) is 0 Å². The van der Waals surface area contributed by atoms with E-state index in [1.807, 2.05) is 0 Å². The molecule has 98 valence electrons. The first-order valence-electron chi connectivity index (χ1n) is 7.69. The second kappa shape index (κ2) is 5.44. The molecule has 1 aliphatic carbocycles. The van der Waals surface area contributed by atoms with Crippen LogP contribution in [0.5, 0.6) is 0 Å². The Morgan fingerprint density at radius 3 is 3.00 bits per heavy atom. The molecule has 0 amide bonds. The molecule has 0 saturated carbocycles. The van der Waals surface area contributed by atoms with Crippen molar-refractivity contribution in [2.45, 2.75) is 57.9 Å². The first-order valence-corrected chi connectivity index (χ1v) is 7.69. The van der Waals surface area contributed by atoms with E-state index in [1.54, 1.807) is 16.7 Å². The van der Waals surface area contributed by atoms with Crippen LogP contribution in [-0.4, -0.2) is 12.6 Å². The van der Waals surface area contributed by atoms with Crippen LogP contribution < -0.4 is 5.32 Å². The highest BCUT2D eigenvalue weighted by molar-refractivity contribution is 5.35.